The molecule has 2 aromatic rings. The Balaban J connectivity index is 0.00000171. The fraction of sp³-hybridized carbons (Fsp3) is 0.440. The van der Waals surface area contributed by atoms with Crippen LogP contribution in [0.25, 0.3) is 0 Å². The van der Waals surface area contributed by atoms with Gasteiger partial charge in [0.15, 0.2) is 11.8 Å². The summed E-state index contributed by atoms with van der Waals surface area (Å²) in [5.41, 5.74) is 1.89. The molecule has 0 radical (unpaired) electrons. The fourth-order valence-corrected chi connectivity index (χ4v) is 4.00. The normalized spacial score (nSPS) is 22.1. The van der Waals surface area contributed by atoms with Crippen LogP contribution >= 0.6 is 0 Å². The third-order valence-corrected chi connectivity index (χ3v) is 5.81. The van der Waals surface area contributed by atoms with Crippen molar-refractivity contribution in [2.45, 2.75) is 70.2 Å². The average Bonchev–Trinajstić information content (AvgIpc) is 3.11. The molecular weight excluding hydrogens is 579 g/mol. The molecular formula is C25H30Br2N2NiO2. The minimum atomic E-state index is -0.330. The van der Waals surface area contributed by atoms with Crippen molar-refractivity contribution in [2.24, 2.45) is 9.98 Å². The van der Waals surface area contributed by atoms with E-state index in [4.69, 9.17) is 19.5 Å². The van der Waals surface area contributed by atoms with Gasteiger partial charge in [-0.15, -0.1) is 0 Å². The predicted octanol–water partition coefficient (Wildman–Crippen LogP) is -0.981. The first kappa shape index (κ1) is 28.9. The second-order valence-electron chi connectivity index (χ2n) is 9.04. The van der Waals surface area contributed by atoms with Gasteiger partial charge in [0, 0.05) is 0 Å². The molecule has 4 nitrogen and oxygen atoms in total. The van der Waals surface area contributed by atoms with Gasteiger partial charge in [-0.3, -0.25) is 0 Å². The van der Waals surface area contributed by atoms with Crippen molar-refractivity contribution in [2.75, 3.05) is 0 Å². The van der Waals surface area contributed by atoms with E-state index in [9.17, 15) is 0 Å². The molecule has 0 saturated carbocycles. The molecule has 0 spiro atoms. The predicted molar refractivity (Wildman–Crippen MR) is 118 cm³/mol. The molecule has 0 bridgehead atoms. The van der Waals surface area contributed by atoms with E-state index in [1.807, 2.05) is 12.1 Å². The monoisotopic (exact) mass is 606 g/mol. The van der Waals surface area contributed by atoms with Crippen LogP contribution in [0.2, 0.25) is 0 Å². The SMILES string of the molecule is CC1(C)OC(CC2=N[C@H](Cc3ccccc3)C(C)(C)O2)=N[C@@H]1Cc1ccccc1.[Br-].[Br-].[Ni+2]. The molecule has 0 N–H and O–H groups in total. The van der Waals surface area contributed by atoms with Crippen molar-refractivity contribution < 1.29 is 59.9 Å². The Morgan fingerprint density at radius 1 is 0.656 bits per heavy atom. The zero-order valence-corrected chi connectivity index (χ0v) is 23.0. The van der Waals surface area contributed by atoms with Gasteiger partial charge in [0.1, 0.15) is 11.2 Å². The van der Waals surface area contributed by atoms with Crippen LogP contribution < -0.4 is 34.0 Å². The second-order valence-corrected chi connectivity index (χ2v) is 9.04. The number of ether oxygens (including phenoxy) is 2. The summed E-state index contributed by atoms with van der Waals surface area (Å²) in [4.78, 5) is 9.78. The molecule has 2 heterocycles. The summed E-state index contributed by atoms with van der Waals surface area (Å²) in [6.45, 7) is 8.43. The maximum Gasteiger partial charge on any atom is 2.00 e. The first-order valence-corrected chi connectivity index (χ1v) is 10.4. The minimum Gasteiger partial charge on any atom is -1.00 e. The molecule has 7 heteroatoms. The maximum atomic E-state index is 6.21. The first-order chi connectivity index (χ1) is 13.8. The third-order valence-electron chi connectivity index (χ3n) is 5.81. The van der Waals surface area contributed by atoms with Gasteiger partial charge in [-0.25, -0.2) is 9.98 Å². The smallest absolute Gasteiger partial charge is 1.00 e. The Bertz CT molecular complexity index is 843. The van der Waals surface area contributed by atoms with Crippen LogP contribution in [-0.4, -0.2) is 35.1 Å². The molecule has 0 aliphatic carbocycles. The topological polar surface area (TPSA) is 43.2 Å². The van der Waals surface area contributed by atoms with Gasteiger partial charge in [-0.1, -0.05) is 60.7 Å². The van der Waals surface area contributed by atoms with Crippen LogP contribution in [0.3, 0.4) is 0 Å². The molecule has 0 aromatic heterocycles. The summed E-state index contributed by atoms with van der Waals surface area (Å²) >= 11 is 0. The summed E-state index contributed by atoms with van der Waals surface area (Å²) in [5, 5.41) is 0. The third kappa shape index (κ3) is 6.92. The van der Waals surface area contributed by atoms with Crippen molar-refractivity contribution in [1.82, 2.24) is 0 Å². The average molecular weight is 609 g/mol. The number of nitrogens with zero attached hydrogens (tertiary/aromatic N) is 2. The Morgan fingerprint density at radius 3 is 1.34 bits per heavy atom. The minimum absolute atomic E-state index is 0. The van der Waals surface area contributed by atoms with Crippen LogP contribution in [0.5, 0.6) is 0 Å². The zero-order chi connectivity index (χ0) is 20.5. The molecule has 0 fully saturated rings. The molecule has 2 atom stereocenters. The van der Waals surface area contributed by atoms with Gasteiger partial charge in [-0.05, 0) is 51.7 Å². The molecule has 32 heavy (non-hydrogen) atoms. The van der Waals surface area contributed by atoms with Gasteiger partial charge in [0.25, 0.3) is 0 Å². The Hall–Kier alpha value is -1.17. The van der Waals surface area contributed by atoms with Crippen LogP contribution in [0, 0.1) is 0 Å². The van der Waals surface area contributed by atoms with Crippen LogP contribution in [0.1, 0.15) is 45.2 Å². The molecule has 176 valence electrons. The van der Waals surface area contributed by atoms with E-state index < -0.39 is 0 Å². The Morgan fingerprint density at radius 2 is 1.00 bits per heavy atom. The molecule has 4 rings (SSSR count). The van der Waals surface area contributed by atoms with Crippen molar-refractivity contribution in [3.05, 3.63) is 71.8 Å². The van der Waals surface area contributed by atoms with Crippen molar-refractivity contribution >= 4 is 11.8 Å². The number of aliphatic imine (C=N–C) groups is 2. The van der Waals surface area contributed by atoms with Gasteiger partial charge < -0.3 is 43.4 Å². The summed E-state index contributed by atoms with van der Waals surface area (Å²) in [5.74, 6) is 1.46. The number of benzene rings is 2. The van der Waals surface area contributed by atoms with Crippen LogP contribution in [0.15, 0.2) is 70.6 Å². The second kappa shape index (κ2) is 11.8. The number of halogens is 2. The standard InChI is InChI=1S/C25H30N2O2.2BrH.Ni/c1-24(2)20(15-18-11-7-5-8-12-18)26-22(28-24)17-23-27-21(25(3,4)29-23)16-19-13-9-6-10-14-19;;;/h5-14,20-21H,15-17H2,1-4H3;2*1H;/q;;;+2/p-2/t20-,21-;;;/m1.../s1. The molecule has 0 amide bonds. The maximum absolute atomic E-state index is 6.21. The molecule has 2 aliphatic heterocycles. The number of rotatable bonds is 6. The van der Waals surface area contributed by atoms with Crippen LogP contribution in [-0.2, 0) is 38.8 Å². The van der Waals surface area contributed by atoms with Crippen molar-refractivity contribution in [3.63, 3.8) is 0 Å². The van der Waals surface area contributed by atoms with E-state index in [0.717, 1.165) is 24.6 Å². The summed E-state index contributed by atoms with van der Waals surface area (Å²) in [7, 11) is 0. The zero-order valence-electron chi connectivity index (χ0n) is 18.8. The van der Waals surface area contributed by atoms with Gasteiger partial charge >= 0.3 is 16.5 Å². The van der Waals surface area contributed by atoms with Crippen molar-refractivity contribution in [3.8, 4) is 0 Å². The van der Waals surface area contributed by atoms with Crippen LogP contribution in [0.4, 0.5) is 0 Å². The molecule has 0 saturated heterocycles. The molecule has 2 aromatic carbocycles. The summed E-state index contributed by atoms with van der Waals surface area (Å²) in [6, 6.07) is 21.1. The van der Waals surface area contributed by atoms with Gasteiger partial charge in [0.2, 0.25) is 0 Å². The van der Waals surface area contributed by atoms with E-state index in [1.54, 1.807) is 0 Å². The van der Waals surface area contributed by atoms with E-state index in [-0.39, 0.29) is 73.7 Å². The quantitative estimate of drug-likeness (QED) is 0.396. The fourth-order valence-electron chi connectivity index (χ4n) is 4.00. The van der Waals surface area contributed by atoms with Crippen molar-refractivity contribution in [1.29, 1.82) is 0 Å². The largest absolute Gasteiger partial charge is 2.00 e. The molecule has 0 unspecified atom stereocenters. The Kier molecular flexibility index (Phi) is 10.7. The van der Waals surface area contributed by atoms with E-state index in [1.165, 1.54) is 11.1 Å². The summed E-state index contributed by atoms with van der Waals surface area (Å²) < 4.78 is 12.4. The number of hydrogen-bond donors (Lipinski definition) is 0. The van der Waals surface area contributed by atoms with Gasteiger partial charge in [0.05, 0.1) is 18.5 Å². The van der Waals surface area contributed by atoms with E-state index in [2.05, 4.69) is 76.2 Å². The summed E-state index contributed by atoms with van der Waals surface area (Å²) in [6.07, 6.45) is 2.25. The van der Waals surface area contributed by atoms with E-state index in [0.29, 0.717) is 6.42 Å². The Labute approximate surface area is 222 Å². The van der Waals surface area contributed by atoms with E-state index >= 15 is 0 Å². The van der Waals surface area contributed by atoms with Gasteiger partial charge in [-0.2, -0.15) is 0 Å². The molecule has 2 aliphatic rings. The first-order valence-electron chi connectivity index (χ1n) is 10.4. The number of hydrogen-bond acceptors (Lipinski definition) is 4.